The van der Waals surface area contributed by atoms with Gasteiger partial charge in [0.05, 0.1) is 12.3 Å². The van der Waals surface area contributed by atoms with E-state index >= 15 is 0 Å². The first-order chi connectivity index (χ1) is 10.4. The number of rotatable bonds is 6. The van der Waals surface area contributed by atoms with E-state index in [1.165, 1.54) is 11.1 Å². The number of nitrogens with zero attached hydrogens (tertiary/aromatic N) is 2. The van der Waals surface area contributed by atoms with Crippen LogP contribution in [0.1, 0.15) is 16.8 Å². The van der Waals surface area contributed by atoms with Crippen LogP contribution in [0, 0.1) is 0 Å². The molecule has 0 aliphatic heterocycles. The second-order valence-electron chi connectivity index (χ2n) is 5.00. The molecule has 4 heteroatoms. The summed E-state index contributed by atoms with van der Waals surface area (Å²) >= 11 is 0. The molecule has 4 nitrogen and oxygen atoms in total. The van der Waals surface area contributed by atoms with Crippen molar-refractivity contribution in [2.75, 3.05) is 7.11 Å². The number of hydrogen-bond acceptors (Lipinski definition) is 3. The van der Waals surface area contributed by atoms with Gasteiger partial charge in [0.15, 0.2) is 0 Å². The standard InChI is InChI=1S/C17H19N3O/c1-21-13-15-7-3-2-6-14(15)10-18-11-16-12-20-9-5-4-8-17(20)19-16/h2-9,12,18H,10-11,13H2,1H3. The lowest BCUT2D eigenvalue weighted by Gasteiger charge is -2.09. The lowest BCUT2D eigenvalue weighted by atomic mass is 10.1. The second-order valence-corrected chi connectivity index (χ2v) is 5.00. The van der Waals surface area contributed by atoms with Gasteiger partial charge in [-0.3, -0.25) is 0 Å². The first-order valence-corrected chi connectivity index (χ1v) is 7.06. The van der Waals surface area contributed by atoms with Gasteiger partial charge < -0.3 is 14.5 Å². The molecular formula is C17H19N3O. The molecule has 108 valence electrons. The van der Waals surface area contributed by atoms with Gasteiger partial charge in [0.1, 0.15) is 5.65 Å². The Balaban J connectivity index is 1.63. The van der Waals surface area contributed by atoms with E-state index in [1.54, 1.807) is 7.11 Å². The Morgan fingerprint density at radius 1 is 1.05 bits per heavy atom. The predicted octanol–water partition coefficient (Wildman–Crippen LogP) is 2.77. The molecule has 0 radical (unpaired) electrons. The largest absolute Gasteiger partial charge is 0.380 e. The third-order valence-corrected chi connectivity index (χ3v) is 3.45. The maximum Gasteiger partial charge on any atom is 0.137 e. The fourth-order valence-corrected chi connectivity index (χ4v) is 2.42. The van der Waals surface area contributed by atoms with E-state index in [2.05, 4.69) is 34.7 Å². The maximum atomic E-state index is 5.23. The number of benzene rings is 1. The van der Waals surface area contributed by atoms with Crippen LogP contribution in [0.3, 0.4) is 0 Å². The SMILES string of the molecule is COCc1ccccc1CNCc1cn2ccccc2n1. The molecule has 0 saturated heterocycles. The molecule has 0 amide bonds. The number of aromatic nitrogens is 2. The molecule has 2 heterocycles. The molecule has 2 aromatic heterocycles. The van der Waals surface area contributed by atoms with Gasteiger partial charge in [0.25, 0.3) is 0 Å². The quantitative estimate of drug-likeness (QED) is 0.755. The van der Waals surface area contributed by atoms with E-state index in [4.69, 9.17) is 4.74 Å². The van der Waals surface area contributed by atoms with Crippen molar-refractivity contribution in [3.63, 3.8) is 0 Å². The van der Waals surface area contributed by atoms with Gasteiger partial charge in [-0.2, -0.15) is 0 Å². The van der Waals surface area contributed by atoms with Crippen molar-refractivity contribution in [2.24, 2.45) is 0 Å². The first-order valence-electron chi connectivity index (χ1n) is 7.06. The monoisotopic (exact) mass is 281 g/mol. The summed E-state index contributed by atoms with van der Waals surface area (Å²) in [5, 5.41) is 3.45. The van der Waals surface area contributed by atoms with E-state index in [0.717, 1.165) is 24.4 Å². The maximum absolute atomic E-state index is 5.23. The Kier molecular flexibility index (Phi) is 4.28. The summed E-state index contributed by atoms with van der Waals surface area (Å²) in [6.45, 7) is 2.21. The Hall–Kier alpha value is -2.17. The lowest BCUT2D eigenvalue weighted by molar-refractivity contribution is 0.184. The van der Waals surface area contributed by atoms with Gasteiger partial charge in [-0.25, -0.2) is 4.98 Å². The average Bonchev–Trinajstić information content (AvgIpc) is 2.92. The van der Waals surface area contributed by atoms with Gasteiger partial charge in [0, 0.05) is 32.6 Å². The Bertz CT molecular complexity index is 688. The number of imidazole rings is 1. The van der Waals surface area contributed by atoms with Crippen LogP contribution < -0.4 is 5.32 Å². The number of hydrogen-bond donors (Lipinski definition) is 1. The number of nitrogens with one attached hydrogen (secondary N) is 1. The highest BCUT2D eigenvalue weighted by Gasteiger charge is 2.03. The highest BCUT2D eigenvalue weighted by molar-refractivity contribution is 5.39. The summed E-state index contributed by atoms with van der Waals surface area (Å²) in [5.74, 6) is 0. The molecule has 0 aliphatic carbocycles. The molecule has 0 fully saturated rings. The van der Waals surface area contributed by atoms with E-state index in [0.29, 0.717) is 6.61 Å². The number of pyridine rings is 1. The Labute approximate surface area is 124 Å². The molecule has 3 aromatic rings. The average molecular weight is 281 g/mol. The van der Waals surface area contributed by atoms with Crippen molar-refractivity contribution in [3.8, 4) is 0 Å². The summed E-state index contributed by atoms with van der Waals surface area (Å²) in [5.41, 5.74) is 4.52. The van der Waals surface area contributed by atoms with Gasteiger partial charge >= 0.3 is 0 Å². The van der Waals surface area contributed by atoms with Crippen LogP contribution in [0.15, 0.2) is 54.9 Å². The van der Waals surface area contributed by atoms with Crippen LogP contribution in [0.25, 0.3) is 5.65 Å². The molecule has 1 aromatic carbocycles. The molecule has 3 rings (SSSR count). The normalized spacial score (nSPS) is 11.1. The highest BCUT2D eigenvalue weighted by Crippen LogP contribution is 2.10. The fourth-order valence-electron chi connectivity index (χ4n) is 2.42. The number of methoxy groups -OCH3 is 1. The minimum Gasteiger partial charge on any atom is -0.380 e. The van der Waals surface area contributed by atoms with Crippen molar-refractivity contribution in [1.29, 1.82) is 0 Å². The van der Waals surface area contributed by atoms with E-state index in [1.807, 2.05) is 34.9 Å². The van der Waals surface area contributed by atoms with Gasteiger partial charge in [-0.15, -0.1) is 0 Å². The summed E-state index contributed by atoms with van der Waals surface area (Å²) in [6, 6.07) is 14.3. The van der Waals surface area contributed by atoms with Crippen molar-refractivity contribution < 1.29 is 4.74 Å². The topological polar surface area (TPSA) is 38.6 Å². The molecule has 0 saturated carbocycles. The van der Waals surface area contributed by atoms with Gasteiger partial charge in [0.2, 0.25) is 0 Å². The summed E-state index contributed by atoms with van der Waals surface area (Å²) < 4.78 is 7.27. The molecule has 0 spiro atoms. The first kappa shape index (κ1) is 13.8. The van der Waals surface area contributed by atoms with Crippen LogP contribution in [0.5, 0.6) is 0 Å². The van der Waals surface area contributed by atoms with Crippen molar-refractivity contribution in [1.82, 2.24) is 14.7 Å². The number of ether oxygens (including phenoxy) is 1. The molecule has 21 heavy (non-hydrogen) atoms. The predicted molar refractivity (Wildman–Crippen MR) is 82.9 cm³/mol. The van der Waals surface area contributed by atoms with E-state index < -0.39 is 0 Å². The van der Waals surface area contributed by atoms with Crippen LogP contribution >= 0.6 is 0 Å². The van der Waals surface area contributed by atoms with Crippen LogP contribution in [-0.4, -0.2) is 16.5 Å². The van der Waals surface area contributed by atoms with E-state index in [9.17, 15) is 0 Å². The third-order valence-electron chi connectivity index (χ3n) is 3.45. The van der Waals surface area contributed by atoms with Crippen molar-refractivity contribution >= 4 is 5.65 Å². The van der Waals surface area contributed by atoms with Gasteiger partial charge in [-0.05, 0) is 23.3 Å². The molecule has 0 bridgehead atoms. The molecule has 1 N–H and O–H groups in total. The van der Waals surface area contributed by atoms with E-state index in [-0.39, 0.29) is 0 Å². The molecule has 0 unspecified atom stereocenters. The molecule has 0 atom stereocenters. The van der Waals surface area contributed by atoms with Crippen LogP contribution in [-0.2, 0) is 24.4 Å². The smallest absolute Gasteiger partial charge is 0.137 e. The molecular weight excluding hydrogens is 262 g/mol. The second kappa shape index (κ2) is 6.52. The summed E-state index contributed by atoms with van der Waals surface area (Å²) in [6.07, 6.45) is 4.07. The minimum atomic E-state index is 0.645. The third kappa shape index (κ3) is 3.29. The highest BCUT2D eigenvalue weighted by atomic mass is 16.5. The minimum absolute atomic E-state index is 0.645. The van der Waals surface area contributed by atoms with Crippen molar-refractivity contribution in [2.45, 2.75) is 19.7 Å². The van der Waals surface area contributed by atoms with Crippen LogP contribution in [0.4, 0.5) is 0 Å². The zero-order valence-electron chi connectivity index (χ0n) is 12.1. The fraction of sp³-hybridized carbons (Fsp3) is 0.235. The molecule has 0 aliphatic rings. The summed E-state index contributed by atoms with van der Waals surface area (Å²) in [7, 11) is 1.72. The zero-order valence-corrected chi connectivity index (χ0v) is 12.1. The Morgan fingerprint density at radius 2 is 1.86 bits per heavy atom. The zero-order chi connectivity index (χ0) is 14.5. The van der Waals surface area contributed by atoms with Crippen molar-refractivity contribution in [3.05, 3.63) is 71.7 Å². The van der Waals surface area contributed by atoms with Crippen LogP contribution in [0.2, 0.25) is 0 Å². The summed E-state index contributed by atoms with van der Waals surface area (Å²) in [4.78, 5) is 4.58. The number of fused-ring (bicyclic) bond motifs is 1. The lowest BCUT2D eigenvalue weighted by Crippen LogP contribution is -2.14. The Morgan fingerprint density at radius 3 is 2.67 bits per heavy atom. The van der Waals surface area contributed by atoms with Gasteiger partial charge in [-0.1, -0.05) is 30.3 Å².